The van der Waals surface area contributed by atoms with E-state index < -0.39 is 5.97 Å². The molecule has 0 saturated carbocycles. The number of benzene rings is 1. The van der Waals surface area contributed by atoms with Crippen molar-refractivity contribution in [1.29, 1.82) is 0 Å². The van der Waals surface area contributed by atoms with Crippen molar-refractivity contribution in [2.45, 2.75) is 6.54 Å². The molecule has 6 heteroatoms. The van der Waals surface area contributed by atoms with E-state index >= 15 is 0 Å². The molecule has 0 aliphatic heterocycles. The lowest BCUT2D eigenvalue weighted by atomic mass is 10.2. The fourth-order valence-electron chi connectivity index (χ4n) is 1.64. The number of halogens is 2. The first-order valence-corrected chi connectivity index (χ1v) is 7.08. The third kappa shape index (κ3) is 6.38. The lowest BCUT2D eigenvalue weighted by molar-refractivity contribution is -0.138. The molecule has 0 heterocycles. The number of carboxylic acid groups (broad SMARTS) is 1. The molecule has 0 amide bonds. The second-order valence-corrected chi connectivity index (χ2v) is 5.93. The van der Waals surface area contributed by atoms with E-state index in [1.807, 2.05) is 42.1 Å². The average Bonchev–Trinajstić information content (AvgIpc) is 2.28. The van der Waals surface area contributed by atoms with Gasteiger partial charge in [-0.25, -0.2) is 0 Å². The number of carboxylic acids is 1. The first kappa shape index (κ1) is 16.4. The Morgan fingerprint density at radius 3 is 2.58 bits per heavy atom. The van der Waals surface area contributed by atoms with Crippen LogP contribution in [0.25, 0.3) is 0 Å². The summed E-state index contributed by atoms with van der Waals surface area (Å²) in [5.74, 6) is -0.816. The molecular formula is C13H18BrClN2O2. The first-order chi connectivity index (χ1) is 8.88. The van der Waals surface area contributed by atoms with Crippen LogP contribution in [0, 0.1) is 0 Å². The number of hydrogen-bond acceptors (Lipinski definition) is 3. The highest BCUT2D eigenvalue weighted by Crippen LogP contribution is 2.22. The fourth-order valence-corrected chi connectivity index (χ4v) is 2.45. The van der Waals surface area contributed by atoms with Gasteiger partial charge in [0.15, 0.2) is 0 Å². The SMILES string of the molecule is CN(C)CCN(CC(=O)O)Cc1ccc(Cl)cc1Br. The highest BCUT2D eigenvalue weighted by atomic mass is 79.9. The standard InChI is InChI=1S/C13H18BrClN2O2/c1-16(2)5-6-17(9-13(18)19)8-10-3-4-11(15)7-12(10)14/h3-4,7H,5-6,8-9H2,1-2H3,(H,18,19). The zero-order valence-electron chi connectivity index (χ0n) is 11.1. The molecule has 0 spiro atoms. The lowest BCUT2D eigenvalue weighted by Gasteiger charge is -2.23. The maximum Gasteiger partial charge on any atom is 0.317 e. The molecule has 19 heavy (non-hydrogen) atoms. The molecule has 1 rings (SSSR count). The van der Waals surface area contributed by atoms with Gasteiger partial charge in [-0.2, -0.15) is 0 Å². The maximum atomic E-state index is 10.9. The number of rotatable bonds is 7. The molecule has 0 unspecified atom stereocenters. The third-order valence-electron chi connectivity index (χ3n) is 2.63. The highest BCUT2D eigenvalue weighted by Gasteiger charge is 2.12. The van der Waals surface area contributed by atoms with Crippen molar-refractivity contribution in [2.75, 3.05) is 33.7 Å². The number of likely N-dealkylation sites (N-methyl/N-ethyl adjacent to an activating group) is 1. The summed E-state index contributed by atoms with van der Waals surface area (Å²) < 4.78 is 0.903. The lowest BCUT2D eigenvalue weighted by Crippen LogP contribution is -2.35. The number of nitrogens with zero attached hydrogens (tertiary/aromatic N) is 2. The van der Waals surface area contributed by atoms with Gasteiger partial charge in [0.05, 0.1) is 6.54 Å². The Kier molecular flexibility index (Phi) is 6.79. The molecule has 4 nitrogen and oxygen atoms in total. The van der Waals surface area contributed by atoms with E-state index in [2.05, 4.69) is 15.9 Å². The van der Waals surface area contributed by atoms with Crippen molar-refractivity contribution in [1.82, 2.24) is 9.80 Å². The van der Waals surface area contributed by atoms with E-state index in [4.69, 9.17) is 16.7 Å². The summed E-state index contributed by atoms with van der Waals surface area (Å²) in [6, 6.07) is 5.55. The van der Waals surface area contributed by atoms with E-state index in [1.165, 1.54) is 0 Å². The van der Waals surface area contributed by atoms with Crippen molar-refractivity contribution in [3.8, 4) is 0 Å². The number of carbonyl (C=O) groups is 1. The van der Waals surface area contributed by atoms with Gasteiger partial charge in [0.25, 0.3) is 0 Å². The van der Waals surface area contributed by atoms with Crippen LogP contribution in [0.5, 0.6) is 0 Å². The summed E-state index contributed by atoms with van der Waals surface area (Å²) in [6.07, 6.45) is 0. The zero-order valence-corrected chi connectivity index (χ0v) is 13.4. The quantitative estimate of drug-likeness (QED) is 0.821. The van der Waals surface area contributed by atoms with Crippen molar-refractivity contribution < 1.29 is 9.90 Å². The van der Waals surface area contributed by atoms with Crippen LogP contribution in [-0.2, 0) is 11.3 Å². The first-order valence-electron chi connectivity index (χ1n) is 5.91. The molecule has 1 N–H and O–H groups in total. The second kappa shape index (κ2) is 7.85. The largest absolute Gasteiger partial charge is 0.480 e. The van der Waals surface area contributed by atoms with Crippen LogP contribution in [0.3, 0.4) is 0 Å². The van der Waals surface area contributed by atoms with Crippen molar-refractivity contribution in [3.05, 3.63) is 33.3 Å². The normalized spacial score (nSPS) is 11.3. The monoisotopic (exact) mass is 348 g/mol. The Balaban J connectivity index is 2.72. The maximum absolute atomic E-state index is 10.9. The average molecular weight is 350 g/mol. The van der Waals surface area contributed by atoms with Gasteiger partial charge < -0.3 is 10.0 Å². The van der Waals surface area contributed by atoms with Crippen molar-refractivity contribution >= 4 is 33.5 Å². The van der Waals surface area contributed by atoms with Gasteiger partial charge in [0.1, 0.15) is 0 Å². The van der Waals surface area contributed by atoms with Crippen LogP contribution < -0.4 is 0 Å². The fraction of sp³-hybridized carbons (Fsp3) is 0.462. The predicted octanol–water partition coefficient (Wildman–Crippen LogP) is 2.55. The zero-order chi connectivity index (χ0) is 14.4. The molecule has 1 aromatic rings. The van der Waals surface area contributed by atoms with E-state index in [0.29, 0.717) is 18.1 Å². The summed E-state index contributed by atoms with van der Waals surface area (Å²) in [7, 11) is 3.94. The summed E-state index contributed by atoms with van der Waals surface area (Å²) in [4.78, 5) is 14.8. The second-order valence-electron chi connectivity index (χ2n) is 4.64. The summed E-state index contributed by atoms with van der Waals surface area (Å²) in [5, 5.41) is 9.61. The number of hydrogen-bond donors (Lipinski definition) is 1. The van der Waals surface area contributed by atoms with Gasteiger partial charge in [-0.15, -0.1) is 0 Å². The Bertz CT molecular complexity index is 441. The van der Waals surface area contributed by atoms with Crippen molar-refractivity contribution in [2.24, 2.45) is 0 Å². The molecule has 0 aliphatic rings. The van der Waals surface area contributed by atoms with Crippen LogP contribution in [-0.4, -0.2) is 54.6 Å². The molecule has 0 atom stereocenters. The molecule has 0 aromatic heterocycles. The predicted molar refractivity (Wildman–Crippen MR) is 80.6 cm³/mol. The van der Waals surface area contributed by atoms with Crippen LogP contribution in [0.4, 0.5) is 0 Å². The van der Waals surface area contributed by atoms with Crippen LogP contribution in [0.2, 0.25) is 5.02 Å². The van der Waals surface area contributed by atoms with Crippen LogP contribution in [0.15, 0.2) is 22.7 Å². The molecule has 106 valence electrons. The van der Waals surface area contributed by atoms with Crippen LogP contribution >= 0.6 is 27.5 Å². The van der Waals surface area contributed by atoms with Gasteiger partial charge in [-0.3, -0.25) is 9.69 Å². The third-order valence-corrected chi connectivity index (χ3v) is 3.60. The van der Waals surface area contributed by atoms with Gasteiger partial charge in [0.2, 0.25) is 0 Å². The van der Waals surface area contributed by atoms with Gasteiger partial charge in [0, 0.05) is 29.1 Å². The Labute approximate surface area is 127 Å². The van der Waals surface area contributed by atoms with Gasteiger partial charge in [-0.1, -0.05) is 33.6 Å². The molecule has 0 aliphatic carbocycles. The molecule has 0 bridgehead atoms. The van der Waals surface area contributed by atoms with E-state index in [1.54, 1.807) is 0 Å². The van der Waals surface area contributed by atoms with E-state index in [-0.39, 0.29) is 6.54 Å². The van der Waals surface area contributed by atoms with Gasteiger partial charge in [-0.05, 0) is 31.8 Å². The summed E-state index contributed by atoms with van der Waals surface area (Å²) in [6.45, 7) is 2.13. The minimum Gasteiger partial charge on any atom is -0.480 e. The minimum atomic E-state index is -0.816. The smallest absolute Gasteiger partial charge is 0.317 e. The molecular weight excluding hydrogens is 332 g/mol. The van der Waals surface area contributed by atoms with E-state index in [0.717, 1.165) is 16.6 Å². The van der Waals surface area contributed by atoms with Crippen LogP contribution in [0.1, 0.15) is 5.56 Å². The van der Waals surface area contributed by atoms with Crippen molar-refractivity contribution in [3.63, 3.8) is 0 Å². The van der Waals surface area contributed by atoms with E-state index in [9.17, 15) is 4.79 Å². The highest BCUT2D eigenvalue weighted by molar-refractivity contribution is 9.10. The Hall–Kier alpha value is -0.620. The van der Waals surface area contributed by atoms with Gasteiger partial charge >= 0.3 is 5.97 Å². The molecule has 0 fully saturated rings. The molecule has 0 saturated heterocycles. The minimum absolute atomic E-state index is 0.0307. The topological polar surface area (TPSA) is 43.8 Å². The Morgan fingerprint density at radius 2 is 2.05 bits per heavy atom. The Morgan fingerprint density at radius 1 is 1.37 bits per heavy atom. The molecule has 0 radical (unpaired) electrons. The number of aliphatic carboxylic acids is 1. The molecule has 1 aromatic carbocycles. The summed E-state index contributed by atoms with van der Waals surface area (Å²) in [5.41, 5.74) is 1.03. The summed E-state index contributed by atoms with van der Waals surface area (Å²) >= 11 is 9.35.